The van der Waals surface area contributed by atoms with Gasteiger partial charge in [0.25, 0.3) is 0 Å². The van der Waals surface area contributed by atoms with E-state index < -0.39 is 9.84 Å². The number of sulfone groups is 1. The van der Waals surface area contributed by atoms with Crippen LogP contribution in [0.1, 0.15) is 53.9 Å². The van der Waals surface area contributed by atoms with Gasteiger partial charge < -0.3 is 5.32 Å². The standard InChI is InChI=1S/C15H31NO2S/c1-6-12(2)9-14(10-16-15(3,4)5)13-7-8-19(17,18)11-13/h12-14,16H,6-11H2,1-5H3. The molecule has 0 bridgehead atoms. The maximum Gasteiger partial charge on any atom is 0.150 e. The summed E-state index contributed by atoms with van der Waals surface area (Å²) in [5.41, 5.74) is 0.102. The average Bonchev–Trinajstić information content (AvgIpc) is 2.63. The fourth-order valence-corrected chi connectivity index (χ4v) is 4.68. The molecule has 19 heavy (non-hydrogen) atoms. The van der Waals surface area contributed by atoms with Gasteiger partial charge >= 0.3 is 0 Å². The molecule has 0 saturated carbocycles. The van der Waals surface area contributed by atoms with Gasteiger partial charge in [0.15, 0.2) is 9.84 Å². The van der Waals surface area contributed by atoms with E-state index in [1.165, 1.54) is 6.42 Å². The van der Waals surface area contributed by atoms with E-state index in [0.717, 1.165) is 19.4 Å². The predicted molar refractivity (Wildman–Crippen MR) is 82.1 cm³/mol. The Hall–Kier alpha value is -0.0900. The van der Waals surface area contributed by atoms with Gasteiger partial charge in [-0.25, -0.2) is 8.42 Å². The first-order valence-corrected chi connectivity index (χ1v) is 9.40. The van der Waals surface area contributed by atoms with Gasteiger partial charge in [-0.15, -0.1) is 0 Å². The average molecular weight is 289 g/mol. The Morgan fingerprint density at radius 1 is 1.32 bits per heavy atom. The van der Waals surface area contributed by atoms with Crippen LogP contribution in [0.5, 0.6) is 0 Å². The van der Waals surface area contributed by atoms with Crippen molar-refractivity contribution in [3.8, 4) is 0 Å². The third-order valence-electron chi connectivity index (χ3n) is 4.23. The molecule has 1 aliphatic heterocycles. The van der Waals surface area contributed by atoms with Crippen molar-refractivity contribution in [2.45, 2.75) is 59.4 Å². The third kappa shape index (κ3) is 6.26. The van der Waals surface area contributed by atoms with E-state index in [4.69, 9.17) is 0 Å². The minimum Gasteiger partial charge on any atom is -0.312 e. The van der Waals surface area contributed by atoms with Crippen molar-refractivity contribution in [3.63, 3.8) is 0 Å². The molecule has 4 heteroatoms. The van der Waals surface area contributed by atoms with E-state index in [1.807, 2.05) is 0 Å². The summed E-state index contributed by atoms with van der Waals surface area (Å²) in [6.07, 6.45) is 3.17. The summed E-state index contributed by atoms with van der Waals surface area (Å²) in [5, 5.41) is 3.56. The molecular formula is C15H31NO2S. The van der Waals surface area contributed by atoms with Gasteiger partial charge in [-0.05, 0) is 57.9 Å². The second-order valence-corrected chi connectivity index (χ2v) is 9.53. The van der Waals surface area contributed by atoms with Gasteiger partial charge in [0.05, 0.1) is 11.5 Å². The Kier molecular flexibility index (Phi) is 5.87. The van der Waals surface area contributed by atoms with Crippen molar-refractivity contribution in [2.24, 2.45) is 17.8 Å². The van der Waals surface area contributed by atoms with Gasteiger partial charge in [-0.2, -0.15) is 0 Å². The molecule has 0 spiro atoms. The van der Waals surface area contributed by atoms with Gasteiger partial charge in [0, 0.05) is 5.54 Å². The molecule has 0 aromatic heterocycles. The first kappa shape index (κ1) is 17.0. The molecule has 1 heterocycles. The zero-order valence-electron chi connectivity index (χ0n) is 13.2. The molecule has 0 amide bonds. The zero-order valence-corrected chi connectivity index (χ0v) is 14.0. The summed E-state index contributed by atoms with van der Waals surface area (Å²) in [4.78, 5) is 0. The highest BCUT2D eigenvalue weighted by Gasteiger charge is 2.34. The summed E-state index contributed by atoms with van der Waals surface area (Å²) in [6, 6.07) is 0. The molecule has 1 fully saturated rings. The first-order valence-electron chi connectivity index (χ1n) is 7.58. The van der Waals surface area contributed by atoms with Crippen molar-refractivity contribution >= 4 is 9.84 Å². The Balaban J connectivity index is 2.64. The van der Waals surface area contributed by atoms with E-state index in [0.29, 0.717) is 29.3 Å². The number of hydrogen-bond donors (Lipinski definition) is 1. The van der Waals surface area contributed by atoms with Crippen LogP contribution < -0.4 is 5.32 Å². The first-order chi connectivity index (χ1) is 8.63. The summed E-state index contributed by atoms with van der Waals surface area (Å²) in [5.74, 6) is 2.32. The van der Waals surface area contributed by atoms with Crippen LogP contribution in [0.3, 0.4) is 0 Å². The van der Waals surface area contributed by atoms with Crippen LogP contribution in [0.4, 0.5) is 0 Å². The van der Waals surface area contributed by atoms with E-state index >= 15 is 0 Å². The van der Waals surface area contributed by atoms with Gasteiger partial charge in [-0.1, -0.05) is 20.3 Å². The molecule has 1 N–H and O–H groups in total. The maximum atomic E-state index is 11.7. The lowest BCUT2D eigenvalue weighted by atomic mass is 9.83. The molecule has 3 unspecified atom stereocenters. The third-order valence-corrected chi connectivity index (χ3v) is 6.02. The highest BCUT2D eigenvalue weighted by atomic mass is 32.2. The minimum atomic E-state index is -2.76. The Morgan fingerprint density at radius 2 is 1.95 bits per heavy atom. The van der Waals surface area contributed by atoms with Crippen LogP contribution >= 0.6 is 0 Å². The van der Waals surface area contributed by atoms with Crippen LogP contribution in [0.2, 0.25) is 0 Å². The van der Waals surface area contributed by atoms with Crippen molar-refractivity contribution in [2.75, 3.05) is 18.1 Å². The van der Waals surface area contributed by atoms with Crippen LogP contribution in [0, 0.1) is 17.8 Å². The molecule has 0 radical (unpaired) electrons. The zero-order chi connectivity index (χ0) is 14.7. The van der Waals surface area contributed by atoms with E-state index in [-0.39, 0.29) is 5.54 Å². The van der Waals surface area contributed by atoms with Crippen molar-refractivity contribution in [1.82, 2.24) is 5.32 Å². The number of rotatable bonds is 6. The quantitative estimate of drug-likeness (QED) is 0.818. The lowest BCUT2D eigenvalue weighted by Crippen LogP contribution is -2.41. The molecule has 114 valence electrons. The van der Waals surface area contributed by atoms with Crippen LogP contribution in [0.25, 0.3) is 0 Å². The predicted octanol–water partition coefficient (Wildman–Crippen LogP) is 2.86. The molecule has 3 atom stereocenters. The summed E-state index contributed by atoms with van der Waals surface area (Å²) >= 11 is 0. The second kappa shape index (κ2) is 6.57. The Bertz CT molecular complexity index is 370. The fraction of sp³-hybridized carbons (Fsp3) is 1.00. The Morgan fingerprint density at radius 3 is 2.37 bits per heavy atom. The highest BCUT2D eigenvalue weighted by Crippen LogP contribution is 2.31. The summed E-state index contributed by atoms with van der Waals surface area (Å²) < 4.78 is 23.4. The van der Waals surface area contributed by atoms with Gasteiger partial charge in [0.1, 0.15) is 0 Å². The topological polar surface area (TPSA) is 46.2 Å². The Labute approximate surface area is 119 Å². The largest absolute Gasteiger partial charge is 0.312 e. The molecule has 0 aliphatic carbocycles. The molecule has 0 aromatic rings. The normalized spacial score (nSPS) is 26.3. The second-order valence-electron chi connectivity index (χ2n) is 7.30. The lowest BCUT2D eigenvalue weighted by Gasteiger charge is -2.30. The van der Waals surface area contributed by atoms with Gasteiger partial charge in [0.2, 0.25) is 0 Å². The lowest BCUT2D eigenvalue weighted by molar-refractivity contribution is 0.256. The minimum absolute atomic E-state index is 0.102. The number of hydrogen-bond acceptors (Lipinski definition) is 3. The van der Waals surface area contributed by atoms with E-state index in [1.54, 1.807) is 0 Å². The smallest absolute Gasteiger partial charge is 0.150 e. The maximum absolute atomic E-state index is 11.7. The SMILES string of the molecule is CCC(C)CC(CNC(C)(C)C)C1CCS(=O)(=O)C1. The summed E-state index contributed by atoms with van der Waals surface area (Å²) in [7, 11) is -2.76. The molecule has 0 aromatic carbocycles. The molecule has 1 aliphatic rings. The van der Waals surface area contributed by atoms with E-state index in [2.05, 4.69) is 39.9 Å². The van der Waals surface area contributed by atoms with Gasteiger partial charge in [-0.3, -0.25) is 0 Å². The van der Waals surface area contributed by atoms with Crippen LogP contribution in [-0.4, -0.2) is 32.0 Å². The van der Waals surface area contributed by atoms with Crippen LogP contribution in [0.15, 0.2) is 0 Å². The molecular weight excluding hydrogens is 258 g/mol. The fourth-order valence-electron chi connectivity index (χ4n) is 2.76. The molecule has 1 rings (SSSR count). The van der Waals surface area contributed by atoms with Crippen molar-refractivity contribution in [1.29, 1.82) is 0 Å². The van der Waals surface area contributed by atoms with Crippen molar-refractivity contribution < 1.29 is 8.42 Å². The monoisotopic (exact) mass is 289 g/mol. The van der Waals surface area contributed by atoms with Crippen LogP contribution in [-0.2, 0) is 9.84 Å². The number of nitrogens with one attached hydrogen (secondary N) is 1. The van der Waals surface area contributed by atoms with E-state index in [9.17, 15) is 8.42 Å². The summed E-state index contributed by atoms with van der Waals surface area (Å²) in [6.45, 7) is 11.9. The highest BCUT2D eigenvalue weighted by molar-refractivity contribution is 7.91. The van der Waals surface area contributed by atoms with Crippen molar-refractivity contribution in [3.05, 3.63) is 0 Å². The molecule has 1 saturated heterocycles. The molecule has 3 nitrogen and oxygen atoms in total.